The lowest BCUT2D eigenvalue weighted by molar-refractivity contribution is -0.143. The maximum Gasteiger partial charge on any atom is 0.260 e. The largest absolute Gasteiger partial charge is 0.497 e. The first kappa shape index (κ1) is 18.5. The van der Waals surface area contributed by atoms with Gasteiger partial charge in [0.1, 0.15) is 11.5 Å². The molecule has 2 aliphatic rings. The van der Waals surface area contributed by atoms with Crippen LogP contribution in [0.25, 0.3) is 0 Å². The molecule has 26 heavy (non-hydrogen) atoms. The van der Waals surface area contributed by atoms with Crippen molar-refractivity contribution in [3.05, 3.63) is 24.3 Å². The summed E-state index contributed by atoms with van der Waals surface area (Å²) >= 11 is 0. The molecule has 0 spiro atoms. The molecule has 1 saturated carbocycles. The fourth-order valence-corrected chi connectivity index (χ4v) is 3.69. The van der Waals surface area contributed by atoms with Gasteiger partial charge in [-0.05, 0) is 37.1 Å². The molecule has 3 rings (SSSR count). The molecular formula is C20H28N2O4. The molecular weight excluding hydrogens is 332 g/mol. The van der Waals surface area contributed by atoms with Crippen molar-refractivity contribution >= 4 is 11.8 Å². The quantitative estimate of drug-likeness (QED) is 0.809. The Morgan fingerprint density at radius 3 is 2.12 bits per heavy atom. The highest BCUT2D eigenvalue weighted by Crippen LogP contribution is 2.26. The molecule has 1 saturated heterocycles. The van der Waals surface area contributed by atoms with E-state index >= 15 is 0 Å². The Morgan fingerprint density at radius 2 is 1.50 bits per heavy atom. The minimum atomic E-state index is -0.0365. The number of benzene rings is 1. The Balaban J connectivity index is 1.42. The highest BCUT2D eigenvalue weighted by Gasteiger charge is 2.29. The highest BCUT2D eigenvalue weighted by molar-refractivity contribution is 5.80. The van der Waals surface area contributed by atoms with Gasteiger partial charge in [-0.25, -0.2) is 0 Å². The molecule has 0 bridgehead atoms. The summed E-state index contributed by atoms with van der Waals surface area (Å²) in [6, 6.07) is 7.17. The number of methoxy groups -OCH3 is 1. The van der Waals surface area contributed by atoms with Crippen molar-refractivity contribution in [1.82, 2.24) is 9.80 Å². The van der Waals surface area contributed by atoms with E-state index in [1.54, 1.807) is 36.3 Å². The van der Waals surface area contributed by atoms with Gasteiger partial charge in [0.2, 0.25) is 5.91 Å². The number of ether oxygens (including phenoxy) is 2. The van der Waals surface area contributed by atoms with Gasteiger partial charge in [-0.1, -0.05) is 19.3 Å². The van der Waals surface area contributed by atoms with Crippen molar-refractivity contribution in [2.45, 2.75) is 32.1 Å². The maximum atomic E-state index is 12.6. The number of hydrogen-bond donors (Lipinski definition) is 0. The highest BCUT2D eigenvalue weighted by atomic mass is 16.5. The lowest BCUT2D eigenvalue weighted by Crippen LogP contribution is -2.53. The van der Waals surface area contributed by atoms with E-state index in [2.05, 4.69) is 0 Å². The molecule has 1 aromatic carbocycles. The molecule has 1 aromatic rings. The number of carbonyl (C=O) groups is 2. The minimum Gasteiger partial charge on any atom is -0.497 e. The fraction of sp³-hybridized carbons (Fsp3) is 0.600. The molecule has 6 nitrogen and oxygen atoms in total. The molecule has 0 atom stereocenters. The van der Waals surface area contributed by atoms with Crippen LogP contribution >= 0.6 is 0 Å². The SMILES string of the molecule is COc1ccc(OCC(=O)N2CCN(C(=O)C3CCCCC3)CC2)cc1. The Kier molecular flexibility index (Phi) is 6.36. The van der Waals surface area contributed by atoms with Gasteiger partial charge < -0.3 is 19.3 Å². The fourth-order valence-electron chi connectivity index (χ4n) is 3.69. The van der Waals surface area contributed by atoms with Gasteiger partial charge in [0.25, 0.3) is 5.91 Å². The van der Waals surface area contributed by atoms with Crippen molar-refractivity contribution in [3.8, 4) is 11.5 Å². The van der Waals surface area contributed by atoms with Crippen LogP contribution in [0.2, 0.25) is 0 Å². The van der Waals surface area contributed by atoms with Gasteiger partial charge in [0, 0.05) is 32.1 Å². The van der Waals surface area contributed by atoms with Crippen LogP contribution in [0.3, 0.4) is 0 Å². The molecule has 142 valence electrons. The third kappa shape index (κ3) is 4.68. The molecule has 1 heterocycles. The third-order valence-corrected chi connectivity index (χ3v) is 5.32. The summed E-state index contributed by atoms with van der Waals surface area (Å²) in [7, 11) is 1.61. The van der Waals surface area contributed by atoms with Crippen molar-refractivity contribution < 1.29 is 19.1 Å². The second kappa shape index (κ2) is 8.92. The standard InChI is InChI=1S/C20H28N2O4/c1-25-17-7-9-18(10-8-17)26-15-19(23)21-11-13-22(14-12-21)20(24)16-5-3-2-4-6-16/h7-10,16H,2-6,11-15H2,1H3. The number of hydrogen-bond acceptors (Lipinski definition) is 4. The Morgan fingerprint density at radius 1 is 0.923 bits per heavy atom. The second-order valence-electron chi connectivity index (χ2n) is 7.01. The van der Waals surface area contributed by atoms with Crippen LogP contribution in [0.4, 0.5) is 0 Å². The molecule has 0 N–H and O–H groups in total. The van der Waals surface area contributed by atoms with Gasteiger partial charge in [0.05, 0.1) is 7.11 Å². The Labute approximate surface area is 155 Å². The lowest BCUT2D eigenvalue weighted by Gasteiger charge is -2.37. The van der Waals surface area contributed by atoms with E-state index in [1.807, 2.05) is 4.90 Å². The van der Waals surface area contributed by atoms with Crippen LogP contribution in [0.15, 0.2) is 24.3 Å². The summed E-state index contributed by atoms with van der Waals surface area (Å²) in [5.74, 6) is 1.84. The molecule has 0 unspecified atom stereocenters. The summed E-state index contributed by atoms with van der Waals surface area (Å²) in [5, 5.41) is 0. The number of piperazine rings is 1. The number of nitrogens with zero attached hydrogens (tertiary/aromatic N) is 2. The Bertz CT molecular complexity index is 603. The zero-order chi connectivity index (χ0) is 18.4. The smallest absolute Gasteiger partial charge is 0.260 e. The van der Waals surface area contributed by atoms with Gasteiger partial charge in [-0.15, -0.1) is 0 Å². The number of carbonyl (C=O) groups excluding carboxylic acids is 2. The predicted octanol–water partition coefficient (Wildman–Crippen LogP) is 2.33. The van der Waals surface area contributed by atoms with E-state index in [-0.39, 0.29) is 24.3 Å². The van der Waals surface area contributed by atoms with Crippen molar-refractivity contribution in [1.29, 1.82) is 0 Å². The van der Waals surface area contributed by atoms with Crippen LogP contribution in [0.1, 0.15) is 32.1 Å². The first-order chi connectivity index (χ1) is 12.7. The van der Waals surface area contributed by atoms with Gasteiger partial charge in [0.15, 0.2) is 6.61 Å². The third-order valence-electron chi connectivity index (χ3n) is 5.32. The maximum absolute atomic E-state index is 12.6. The molecule has 0 aromatic heterocycles. The normalized spacial score (nSPS) is 18.5. The van der Waals surface area contributed by atoms with Crippen LogP contribution in [0, 0.1) is 5.92 Å². The van der Waals surface area contributed by atoms with E-state index in [0.717, 1.165) is 31.4 Å². The van der Waals surface area contributed by atoms with E-state index in [0.29, 0.717) is 31.9 Å². The Hall–Kier alpha value is -2.24. The van der Waals surface area contributed by atoms with Gasteiger partial charge >= 0.3 is 0 Å². The lowest BCUT2D eigenvalue weighted by atomic mass is 9.88. The number of amides is 2. The average molecular weight is 360 g/mol. The second-order valence-corrected chi connectivity index (χ2v) is 7.01. The predicted molar refractivity (Wildman–Crippen MR) is 98.2 cm³/mol. The van der Waals surface area contributed by atoms with E-state index in [1.165, 1.54) is 6.42 Å². The van der Waals surface area contributed by atoms with Crippen molar-refractivity contribution in [2.75, 3.05) is 39.9 Å². The van der Waals surface area contributed by atoms with E-state index < -0.39 is 0 Å². The summed E-state index contributed by atoms with van der Waals surface area (Å²) in [4.78, 5) is 28.6. The minimum absolute atomic E-state index is 0.0168. The van der Waals surface area contributed by atoms with Gasteiger partial charge in [-0.2, -0.15) is 0 Å². The molecule has 1 aliphatic carbocycles. The van der Waals surface area contributed by atoms with E-state index in [4.69, 9.17) is 9.47 Å². The molecule has 6 heteroatoms. The molecule has 2 amide bonds. The monoisotopic (exact) mass is 360 g/mol. The van der Waals surface area contributed by atoms with Gasteiger partial charge in [-0.3, -0.25) is 9.59 Å². The zero-order valence-electron chi connectivity index (χ0n) is 15.5. The summed E-state index contributed by atoms with van der Waals surface area (Å²) in [5.41, 5.74) is 0. The zero-order valence-corrected chi connectivity index (χ0v) is 15.5. The first-order valence-corrected chi connectivity index (χ1v) is 9.51. The van der Waals surface area contributed by atoms with E-state index in [9.17, 15) is 9.59 Å². The average Bonchev–Trinajstić information content (AvgIpc) is 2.72. The van der Waals surface area contributed by atoms with Crippen LogP contribution in [-0.2, 0) is 9.59 Å². The molecule has 2 fully saturated rings. The molecule has 1 aliphatic heterocycles. The number of rotatable bonds is 5. The first-order valence-electron chi connectivity index (χ1n) is 9.51. The van der Waals surface area contributed by atoms with Crippen LogP contribution < -0.4 is 9.47 Å². The van der Waals surface area contributed by atoms with Crippen molar-refractivity contribution in [3.63, 3.8) is 0 Å². The summed E-state index contributed by atoms with van der Waals surface area (Å²) in [6.07, 6.45) is 5.62. The van der Waals surface area contributed by atoms with Crippen molar-refractivity contribution in [2.24, 2.45) is 5.92 Å². The topological polar surface area (TPSA) is 59.1 Å². The van der Waals surface area contributed by atoms with Crippen LogP contribution in [-0.4, -0.2) is 61.5 Å². The molecule has 0 radical (unpaired) electrons. The van der Waals surface area contributed by atoms with Crippen LogP contribution in [0.5, 0.6) is 11.5 Å². The summed E-state index contributed by atoms with van der Waals surface area (Å²) < 4.78 is 10.7. The summed E-state index contributed by atoms with van der Waals surface area (Å²) in [6.45, 7) is 2.45.